The average Bonchev–Trinajstić information content (AvgIpc) is 2.73. The number of halogens is 3. The molecule has 1 unspecified atom stereocenters. The van der Waals surface area contributed by atoms with E-state index in [2.05, 4.69) is 5.32 Å². The highest BCUT2D eigenvalue weighted by atomic mass is 32.2. The normalized spacial score (nSPS) is 18.0. The van der Waals surface area contributed by atoms with Crippen molar-refractivity contribution in [1.82, 2.24) is 9.62 Å². The Morgan fingerprint density at radius 2 is 1.81 bits per heavy atom. The Bertz CT molecular complexity index is 837. The molecule has 0 heterocycles. The number of benzene rings is 1. The molecule has 1 saturated carbocycles. The summed E-state index contributed by atoms with van der Waals surface area (Å²) in [6, 6.07) is 2.95. The number of ether oxygens (including phenoxy) is 1. The summed E-state index contributed by atoms with van der Waals surface area (Å²) in [5, 5.41) is 11.6. The van der Waals surface area contributed by atoms with Crippen molar-refractivity contribution in [3.63, 3.8) is 0 Å². The molecular weight excluding hydrogens is 437 g/mol. The number of rotatable bonds is 9. The zero-order valence-corrected chi connectivity index (χ0v) is 18.4. The number of hydrogen-bond donors (Lipinski definition) is 2. The maximum Gasteiger partial charge on any atom is 0.416 e. The molecule has 7 nitrogen and oxygen atoms in total. The maximum atomic E-state index is 13.1. The van der Waals surface area contributed by atoms with E-state index in [1.807, 2.05) is 0 Å². The van der Waals surface area contributed by atoms with Crippen molar-refractivity contribution in [2.75, 3.05) is 20.3 Å². The minimum Gasteiger partial charge on any atom is -0.394 e. The molecular formula is C20H29F3N2O5S. The topological polar surface area (TPSA) is 95.9 Å². The lowest BCUT2D eigenvalue weighted by atomic mass is 9.91. The SMILES string of the molecule is CC(CO)NC(=O)CCOC1(N(C)S(=O)(=O)c2ccc(C(F)(F)F)cc2)CCCCC1. The number of amides is 1. The number of nitrogens with one attached hydrogen (secondary N) is 1. The van der Waals surface area contributed by atoms with Gasteiger partial charge in [0.2, 0.25) is 15.9 Å². The molecule has 1 aromatic carbocycles. The third kappa shape index (κ3) is 6.41. The molecule has 1 aliphatic carbocycles. The summed E-state index contributed by atoms with van der Waals surface area (Å²) in [7, 11) is -2.77. The molecule has 1 atom stereocenters. The highest BCUT2D eigenvalue weighted by Crippen LogP contribution is 2.38. The first-order valence-electron chi connectivity index (χ1n) is 10.1. The molecule has 1 fully saturated rings. The molecule has 1 aliphatic rings. The molecule has 2 rings (SSSR count). The molecule has 1 aromatic rings. The minimum atomic E-state index is -4.56. The summed E-state index contributed by atoms with van der Waals surface area (Å²) in [6.45, 7) is 1.41. The van der Waals surface area contributed by atoms with Gasteiger partial charge >= 0.3 is 6.18 Å². The summed E-state index contributed by atoms with van der Waals surface area (Å²) in [5.74, 6) is -0.333. The minimum absolute atomic E-state index is 0.0136. The van der Waals surface area contributed by atoms with E-state index in [1.54, 1.807) is 6.92 Å². The third-order valence-electron chi connectivity index (χ3n) is 5.43. The van der Waals surface area contributed by atoms with Gasteiger partial charge in [-0.1, -0.05) is 6.42 Å². The van der Waals surface area contributed by atoms with Crippen LogP contribution in [0, 0.1) is 0 Å². The van der Waals surface area contributed by atoms with Gasteiger partial charge in [-0.05, 0) is 56.9 Å². The Kier molecular flexibility index (Phi) is 8.48. The van der Waals surface area contributed by atoms with Gasteiger partial charge in [0.1, 0.15) is 5.72 Å². The van der Waals surface area contributed by atoms with E-state index in [4.69, 9.17) is 9.84 Å². The van der Waals surface area contributed by atoms with Crippen LogP contribution < -0.4 is 5.32 Å². The predicted octanol–water partition coefficient (Wildman–Crippen LogP) is 2.89. The number of nitrogens with zero attached hydrogens (tertiary/aromatic N) is 1. The van der Waals surface area contributed by atoms with E-state index >= 15 is 0 Å². The van der Waals surface area contributed by atoms with E-state index < -0.39 is 33.5 Å². The number of hydrogen-bond acceptors (Lipinski definition) is 5. The number of aliphatic hydroxyl groups is 1. The number of alkyl halides is 3. The lowest BCUT2D eigenvalue weighted by molar-refractivity contribution is -0.143. The molecule has 0 spiro atoms. The second-order valence-corrected chi connectivity index (χ2v) is 9.72. The first kappa shape index (κ1) is 25.6. The molecule has 31 heavy (non-hydrogen) atoms. The van der Waals surface area contributed by atoms with Crippen molar-refractivity contribution in [3.05, 3.63) is 29.8 Å². The fraction of sp³-hybridized carbons (Fsp3) is 0.650. The monoisotopic (exact) mass is 466 g/mol. The van der Waals surface area contributed by atoms with Gasteiger partial charge in [0.25, 0.3) is 0 Å². The largest absolute Gasteiger partial charge is 0.416 e. The van der Waals surface area contributed by atoms with Crippen LogP contribution >= 0.6 is 0 Å². The van der Waals surface area contributed by atoms with Gasteiger partial charge < -0.3 is 15.2 Å². The highest BCUT2D eigenvalue weighted by molar-refractivity contribution is 7.89. The van der Waals surface area contributed by atoms with Gasteiger partial charge in [0.05, 0.1) is 30.1 Å². The average molecular weight is 467 g/mol. The van der Waals surface area contributed by atoms with Gasteiger partial charge in [-0.15, -0.1) is 0 Å². The highest BCUT2D eigenvalue weighted by Gasteiger charge is 2.44. The van der Waals surface area contributed by atoms with Crippen LogP contribution in [0.15, 0.2) is 29.2 Å². The second kappa shape index (κ2) is 10.3. The van der Waals surface area contributed by atoms with Crippen molar-refractivity contribution in [2.45, 2.75) is 68.3 Å². The van der Waals surface area contributed by atoms with E-state index in [0.29, 0.717) is 12.8 Å². The van der Waals surface area contributed by atoms with Gasteiger partial charge in [-0.3, -0.25) is 4.79 Å². The number of carbonyl (C=O) groups is 1. The van der Waals surface area contributed by atoms with E-state index in [-0.39, 0.29) is 30.4 Å². The smallest absolute Gasteiger partial charge is 0.394 e. The van der Waals surface area contributed by atoms with Crippen molar-refractivity contribution >= 4 is 15.9 Å². The van der Waals surface area contributed by atoms with Crippen molar-refractivity contribution < 1.29 is 36.2 Å². The quantitative estimate of drug-likeness (QED) is 0.546. The van der Waals surface area contributed by atoms with Gasteiger partial charge in [-0.25, -0.2) is 8.42 Å². The van der Waals surface area contributed by atoms with Gasteiger partial charge in [-0.2, -0.15) is 17.5 Å². The fourth-order valence-electron chi connectivity index (χ4n) is 3.57. The molecule has 0 bridgehead atoms. The van der Waals surface area contributed by atoms with Crippen LogP contribution in [-0.4, -0.2) is 55.8 Å². The van der Waals surface area contributed by atoms with Gasteiger partial charge in [0.15, 0.2) is 0 Å². The molecule has 11 heteroatoms. The van der Waals surface area contributed by atoms with Crippen LogP contribution in [0.4, 0.5) is 13.2 Å². The molecule has 0 saturated heterocycles. The molecule has 176 valence electrons. The standard InChI is InChI=1S/C20H29F3N2O5S/c1-15(14-26)24-18(27)10-13-30-19(11-4-3-5-12-19)25(2)31(28,29)17-8-6-16(7-9-17)20(21,22)23/h6-9,15,26H,3-5,10-14H2,1-2H3,(H,24,27). The number of carbonyl (C=O) groups excluding carboxylic acids is 1. The van der Waals surface area contributed by atoms with E-state index in [9.17, 15) is 26.4 Å². The first-order valence-corrected chi connectivity index (χ1v) is 11.6. The molecule has 2 N–H and O–H groups in total. The van der Waals surface area contributed by atoms with Crippen LogP contribution in [-0.2, 0) is 25.7 Å². The van der Waals surface area contributed by atoms with Crippen molar-refractivity contribution in [1.29, 1.82) is 0 Å². The summed E-state index contributed by atoms with van der Waals surface area (Å²) >= 11 is 0. The predicted molar refractivity (Wildman–Crippen MR) is 107 cm³/mol. The first-order chi connectivity index (χ1) is 14.4. The van der Waals surface area contributed by atoms with Crippen molar-refractivity contribution in [2.24, 2.45) is 0 Å². The lowest BCUT2D eigenvalue weighted by Gasteiger charge is -2.43. The van der Waals surface area contributed by atoms with Crippen LogP contribution in [0.2, 0.25) is 0 Å². The summed E-state index contributed by atoms with van der Waals surface area (Å²) in [6.07, 6.45) is -1.39. The third-order valence-corrected chi connectivity index (χ3v) is 7.35. The molecule has 0 aromatic heterocycles. The Morgan fingerprint density at radius 3 is 2.32 bits per heavy atom. The Labute approximate surface area is 180 Å². The molecule has 1 amide bonds. The van der Waals surface area contributed by atoms with Crippen molar-refractivity contribution in [3.8, 4) is 0 Å². The fourth-order valence-corrected chi connectivity index (χ4v) is 5.04. The summed E-state index contributed by atoms with van der Waals surface area (Å²) < 4.78 is 71.7. The number of sulfonamides is 1. The van der Waals surface area contributed by atoms with E-state index in [1.165, 1.54) is 7.05 Å². The van der Waals surface area contributed by atoms with Crippen LogP contribution in [0.5, 0.6) is 0 Å². The zero-order valence-electron chi connectivity index (χ0n) is 17.6. The Hall–Kier alpha value is -1.69. The lowest BCUT2D eigenvalue weighted by Crippen LogP contribution is -2.53. The van der Waals surface area contributed by atoms with Crippen LogP contribution in [0.1, 0.15) is 51.0 Å². The summed E-state index contributed by atoms with van der Waals surface area (Å²) in [5.41, 5.74) is -2.11. The maximum absolute atomic E-state index is 13.1. The zero-order chi connectivity index (χ0) is 23.3. The van der Waals surface area contributed by atoms with Crippen LogP contribution in [0.25, 0.3) is 0 Å². The number of aliphatic hydroxyl groups excluding tert-OH is 1. The van der Waals surface area contributed by atoms with Gasteiger partial charge in [0, 0.05) is 13.1 Å². The second-order valence-electron chi connectivity index (χ2n) is 7.75. The van der Waals surface area contributed by atoms with E-state index in [0.717, 1.165) is 47.8 Å². The van der Waals surface area contributed by atoms with Crippen LogP contribution in [0.3, 0.4) is 0 Å². The Balaban J connectivity index is 2.17. The molecule has 0 radical (unpaired) electrons. The summed E-state index contributed by atoms with van der Waals surface area (Å²) in [4.78, 5) is 11.7. The molecule has 0 aliphatic heterocycles. The Morgan fingerprint density at radius 1 is 1.23 bits per heavy atom.